The van der Waals surface area contributed by atoms with Crippen LogP contribution in [0.25, 0.3) is 11.4 Å². The molecule has 0 bridgehead atoms. The number of hydrogen-bond acceptors (Lipinski definition) is 7. The Bertz CT molecular complexity index is 1020. The van der Waals surface area contributed by atoms with Crippen LogP contribution >= 0.6 is 11.8 Å². The first-order chi connectivity index (χ1) is 14.2. The highest BCUT2D eigenvalue weighted by molar-refractivity contribution is 7.99. The first kappa shape index (κ1) is 19.3. The molecule has 150 valence electrons. The molecule has 2 aromatic carbocycles. The van der Waals surface area contributed by atoms with Crippen molar-refractivity contribution in [2.75, 3.05) is 31.4 Å². The predicted octanol–water partition coefficient (Wildman–Crippen LogP) is 3.58. The third-order valence-electron chi connectivity index (χ3n) is 4.75. The first-order valence-electron chi connectivity index (χ1n) is 9.20. The van der Waals surface area contributed by atoms with E-state index in [1.165, 1.54) is 17.3 Å². The number of carbonyl (C=O) groups excluding carboxylic acids is 1. The van der Waals surface area contributed by atoms with E-state index in [2.05, 4.69) is 16.2 Å². The summed E-state index contributed by atoms with van der Waals surface area (Å²) in [5.41, 5.74) is 3.02. The van der Waals surface area contributed by atoms with Gasteiger partial charge in [-0.15, -0.1) is 11.8 Å². The Morgan fingerprint density at radius 3 is 2.83 bits per heavy atom. The molecule has 0 N–H and O–H groups in total. The van der Waals surface area contributed by atoms with Crippen LogP contribution in [-0.4, -0.2) is 42.6 Å². The normalized spacial score (nSPS) is 12.7. The Labute approximate surface area is 173 Å². The minimum Gasteiger partial charge on any atom is -0.493 e. The Morgan fingerprint density at radius 2 is 2.00 bits per heavy atom. The number of amides is 1. The molecule has 0 spiro atoms. The molecular weight excluding hydrogens is 390 g/mol. The second kappa shape index (κ2) is 8.57. The van der Waals surface area contributed by atoms with Gasteiger partial charge in [-0.1, -0.05) is 23.4 Å². The number of methoxy groups -OCH3 is 2. The number of ether oxygens (including phenoxy) is 2. The zero-order valence-corrected chi connectivity index (χ0v) is 17.1. The Hall–Kier alpha value is -3.00. The van der Waals surface area contributed by atoms with Crippen molar-refractivity contribution in [1.29, 1.82) is 0 Å². The lowest BCUT2D eigenvalue weighted by molar-refractivity contribution is -0.116. The molecule has 29 heavy (non-hydrogen) atoms. The van der Waals surface area contributed by atoms with Crippen molar-refractivity contribution in [3.8, 4) is 22.9 Å². The molecule has 0 fully saturated rings. The van der Waals surface area contributed by atoms with Crippen LogP contribution in [0.2, 0.25) is 0 Å². The van der Waals surface area contributed by atoms with Crippen LogP contribution in [0.3, 0.4) is 0 Å². The van der Waals surface area contributed by atoms with Crippen molar-refractivity contribution >= 4 is 23.4 Å². The lowest BCUT2D eigenvalue weighted by Gasteiger charge is -2.16. The number of anilines is 1. The third kappa shape index (κ3) is 4.07. The number of nitrogens with zero attached hydrogens (tertiary/aromatic N) is 3. The summed E-state index contributed by atoms with van der Waals surface area (Å²) >= 11 is 1.47. The van der Waals surface area contributed by atoms with Crippen molar-refractivity contribution in [2.24, 2.45) is 0 Å². The van der Waals surface area contributed by atoms with Crippen LogP contribution in [0.1, 0.15) is 11.5 Å². The molecule has 1 aromatic heterocycles. The van der Waals surface area contributed by atoms with Gasteiger partial charge in [0.25, 0.3) is 0 Å². The van der Waals surface area contributed by atoms with Gasteiger partial charge in [-0.3, -0.25) is 4.79 Å². The zero-order chi connectivity index (χ0) is 20.2. The first-order valence-corrected chi connectivity index (χ1v) is 10.4. The van der Waals surface area contributed by atoms with Gasteiger partial charge in [-0.05, 0) is 36.2 Å². The fraction of sp³-hybridized carbons (Fsp3) is 0.286. The van der Waals surface area contributed by atoms with Gasteiger partial charge >= 0.3 is 0 Å². The standard InChI is InChI=1S/C21H21N3O4S/c1-26-17-8-7-15(11-18(17)27-2)21-22-19(28-23-21)12-29-13-20(25)24-10-9-14-5-3-4-6-16(14)24/h3-8,11H,9-10,12-13H2,1-2H3. The molecule has 1 aliphatic heterocycles. The predicted molar refractivity (Wildman–Crippen MR) is 111 cm³/mol. The fourth-order valence-corrected chi connectivity index (χ4v) is 4.03. The average Bonchev–Trinajstić information content (AvgIpc) is 3.40. The maximum atomic E-state index is 12.6. The summed E-state index contributed by atoms with van der Waals surface area (Å²) in [7, 11) is 3.17. The van der Waals surface area contributed by atoms with Crippen molar-refractivity contribution in [2.45, 2.75) is 12.2 Å². The van der Waals surface area contributed by atoms with Crippen LogP contribution in [0.15, 0.2) is 47.0 Å². The number of aromatic nitrogens is 2. The third-order valence-corrected chi connectivity index (χ3v) is 5.65. The lowest BCUT2D eigenvalue weighted by Crippen LogP contribution is -2.30. The second-order valence-corrected chi connectivity index (χ2v) is 7.48. The number of benzene rings is 2. The summed E-state index contributed by atoms with van der Waals surface area (Å²) < 4.78 is 15.9. The van der Waals surface area contributed by atoms with Crippen LogP contribution < -0.4 is 14.4 Å². The summed E-state index contributed by atoms with van der Waals surface area (Å²) in [6, 6.07) is 13.5. The Morgan fingerprint density at radius 1 is 1.17 bits per heavy atom. The van der Waals surface area contributed by atoms with Crippen molar-refractivity contribution in [3.63, 3.8) is 0 Å². The monoisotopic (exact) mass is 411 g/mol. The Balaban J connectivity index is 1.35. The van der Waals surface area contributed by atoms with E-state index < -0.39 is 0 Å². The maximum Gasteiger partial charge on any atom is 0.237 e. The minimum atomic E-state index is 0.0968. The number of carbonyl (C=O) groups is 1. The number of fused-ring (bicyclic) bond motifs is 1. The molecule has 2 heterocycles. The maximum absolute atomic E-state index is 12.6. The van der Waals surface area contributed by atoms with Crippen LogP contribution in [0.5, 0.6) is 11.5 Å². The molecule has 1 aliphatic rings. The molecule has 4 rings (SSSR count). The van der Waals surface area contributed by atoms with Crippen LogP contribution in [-0.2, 0) is 17.0 Å². The molecule has 8 heteroatoms. The van der Waals surface area contributed by atoms with Gasteiger partial charge in [0.15, 0.2) is 11.5 Å². The van der Waals surface area contributed by atoms with Crippen LogP contribution in [0.4, 0.5) is 5.69 Å². The quantitative estimate of drug-likeness (QED) is 0.588. The van der Waals surface area contributed by atoms with Gasteiger partial charge in [-0.25, -0.2) is 0 Å². The second-order valence-electron chi connectivity index (χ2n) is 6.50. The van der Waals surface area contributed by atoms with Gasteiger partial charge in [0.1, 0.15) is 0 Å². The molecule has 0 saturated carbocycles. The highest BCUT2D eigenvalue weighted by Crippen LogP contribution is 2.31. The van der Waals surface area contributed by atoms with Gasteiger partial charge in [0.05, 0.1) is 25.7 Å². The summed E-state index contributed by atoms with van der Waals surface area (Å²) in [6.07, 6.45) is 0.908. The summed E-state index contributed by atoms with van der Waals surface area (Å²) in [5.74, 6) is 3.12. The van der Waals surface area contributed by atoms with E-state index >= 15 is 0 Å². The molecule has 0 aliphatic carbocycles. The molecule has 0 saturated heterocycles. The molecular formula is C21H21N3O4S. The number of thioether (sulfide) groups is 1. The van der Waals surface area contributed by atoms with Crippen molar-refractivity contribution in [3.05, 3.63) is 53.9 Å². The molecule has 1 amide bonds. The topological polar surface area (TPSA) is 77.7 Å². The fourth-order valence-electron chi connectivity index (χ4n) is 3.31. The summed E-state index contributed by atoms with van der Waals surface area (Å²) in [6.45, 7) is 0.739. The van der Waals surface area contributed by atoms with Crippen molar-refractivity contribution in [1.82, 2.24) is 10.1 Å². The van der Waals surface area contributed by atoms with Gasteiger partial charge < -0.3 is 18.9 Å². The van der Waals surface area contributed by atoms with E-state index in [1.807, 2.05) is 29.2 Å². The molecule has 7 nitrogen and oxygen atoms in total. The zero-order valence-electron chi connectivity index (χ0n) is 16.3. The Kier molecular flexibility index (Phi) is 5.71. The SMILES string of the molecule is COc1ccc(-c2noc(CSCC(=O)N3CCc4ccccc43)n2)cc1OC. The highest BCUT2D eigenvalue weighted by Gasteiger charge is 2.24. The summed E-state index contributed by atoms with van der Waals surface area (Å²) in [4.78, 5) is 18.8. The smallest absolute Gasteiger partial charge is 0.237 e. The van der Waals surface area contributed by atoms with E-state index in [1.54, 1.807) is 26.4 Å². The molecule has 0 unspecified atom stereocenters. The lowest BCUT2D eigenvalue weighted by atomic mass is 10.2. The number of rotatable bonds is 7. The minimum absolute atomic E-state index is 0.0968. The van der Waals surface area contributed by atoms with Crippen molar-refractivity contribution < 1.29 is 18.8 Å². The highest BCUT2D eigenvalue weighted by atomic mass is 32.2. The van der Waals surface area contributed by atoms with E-state index in [4.69, 9.17) is 14.0 Å². The average molecular weight is 411 g/mol. The molecule has 3 aromatic rings. The van der Waals surface area contributed by atoms with E-state index in [-0.39, 0.29) is 5.91 Å². The molecule has 0 radical (unpaired) electrons. The van der Waals surface area contributed by atoms with Gasteiger partial charge in [-0.2, -0.15) is 4.98 Å². The van der Waals surface area contributed by atoms with Gasteiger partial charge in [0.2, 0.25) is 17.6 Å². The van der Waals surface area contributed by atoms with E-state index in [0.717, 1.165) is 24.2 Å². The molecule has 0 atom stereocenters. The van der Waals surface area contributed by atoms with E-state index in [9.17, 15) is 4.79 Å². The number of hydrogen-bond donors (Lipinski definition) is 0. The van der Waals surface area contributed by atoms with E-state index in [0.29, 0.717) is 34.7 Å². The number of para-hydroxylation sites is 1. The summed E-state index contributed by atoms with van der Waals surface area (Å²) in [5, 5.41) is 4.03. The van der Waals surface area contributed by atoms with Gasteiger partial charge in [0, 0.05) is 17.8 Å². The largest absolute Gasteiger partial charge is 0.493 e. The van der Waals surface area contributed by atoms with Crippen LogP contribution in [0, 0.1) is 0 Å².